The summed E-state index contributed by atoms with van der Waals surface area (Å²) < 4.78 is 11.1. The summed E-state index contributed by atoms with van der Waals surface area (Å²) in [5.41, 5.74) is 4.25. The zero-order valence-corrected chi connectivity index (χ0v) is 12.1. The molecular weight excluding hydrogens is 238 g/mol. The van der Waals surface area contributed by atoms with Gasteiger partial charge in [-0.3, -0.25) is 0 Å². The quantitative estimate of drug-likeness (QED) is 0.729. The first-order valence-electron chi connectivity index (χ1n) is 7.42. The molecule has 0 heterocycles. The highest BCUT2D eigenvalue weighted by Gasteiger charge is 2.11. The SMILES string of the molecule is CCOC(CCNc1ccc2c(c1)CCC2)OCC. The molecule has 0 unspecified atom stereocenters. The summed E-state index contributed by atoms with van der Waals surface area (Å²) in [4.78, 5) is 0. The first-order chi connectivity index (χ1) is 9.33. The highest BCUT2D eigenvalue weighted by molar-refractivity contribution is 5.50. The number of fused-ring (bicyclic) bond motifs is 1. The largest absolute Gasteiger partial charge is 0.385 e. The van der Waals surface area contributed by atoms with Gasteiger partial charge in [0.15, 0.2) is 6.29 Å². The van der Waals surface area contributed by atoms with E-state index in [1.165, 1.54) is 36.1 Å². The van der Waals surface area contributed by atoms with Crippen molar-refractivity contribution in [2.75, 3.05) is 25.1 Å². The maximum absolute atomic E-state index is 5.53. The van der Waals surface area contributed by atoms with Crippen molar-refractivity contribution in [2.24, 2.45) is 0 Å². The molecule has 0 radical (unpaired) electrons. The molecule has 0 spiro atoms. The van der Waals surface area contributed by atoms with Crippen molar-refractivity contribution in [3.05, 3.63) is 29.3 Å². The third kappa shape index (κ3) is 4.22. The summed E-state index contributed by atoms with van der Waals surface area (Å²) in [6.07, 6.45) is 4.56. The summed E-state index contributed by atoms with van der Waals surface area (Å²) in [6, 6.07) is 6.73. The van der Waals surface area contributed by atoms with Crippen LogP contribution in [0.15, 0.2) is 18.2 Å². The van der Waals surface area contributed by atoms with Crippen LogP contribution in [0, 0.1) is 0 Å². The first-order valence-corrected chi connectivity index (χ1v) is 7.42. The summed E-state index contributed by atoms with van der Waals surface area (Å²) in [6.45, 7) is 6.27. The van der Waals surface area contributed by atoms with Gasteiger partial charge < -0.3 is 14.8 Å². The fourth-order valence-electron chi connectivity index (χ4n) is 2.60. The number of benzene rings is 1. The molecule has 0 fully saturated rings. The number of ether oxygens (including phenoxy) is 2. The van der Waals surface area contributed by atoms with E-state index in [1.807, 2.05) is 13.8 Å². The number of hydrogen-bond donors (Lipinski definition) is 1. The predicted molar refractivity (Wildman–Crippen MR) is 78.6 cm³/mol. The maximum atomic E-state index is 5.53. The van der Waals surface area contributed by atoms with Gasteiger partial charge in [-0.05, 0) is 56.4 Å². The van der Waals surface area contributed by atoms with Crippen LogP contribution < -0.4 is 5.32 Å². The van der Waals surface area contributed by atoms with Crippen LogP contribution in [0.5, 0.6) is 0 Å². The second-order valence-corrected chi connectivity index (χ2v) is 4.89. The summed E-state index contributed by atoms with van der Waals surface area (Å²) in [5, 5.41) is 3.46. The van der Waals surface area contributed by atoms with Gasteiger partial charge in [-0.15, -0.1) is 0 Å². The van der Waals surface area contributed by atoms with E-state index in [9.17, 15) is 0 Å². The molecule has 0 aliphatic heterocycles. The van der Waals surface area contributed by atoms with E-state index < -0.39 is 0 Å². The number of nitrogens with one attached hydrogen (secondary N) is 1. The zero-order valence-electron chi connectivity index (χ0n) is 12.1. The lowest BCUT2D eigenvalue weighted by atomic mass is 10.1. The third-order valence-corrected chi connectivity index (χ3v) is 3.51. The van der Waals surface area contributed by atoms with Crippen LogP contribution in [0.25, 0.3) is 0 Å². The molecule has 3 nitrogen and oxygen atoms in total. The fraction of sp³-hybridized carbons (Fsp3) is 0.625. The lowest BCUT2D eigenvalue weighted by Gasteiger charge is -2.17. The van der Waals surface area contributed by atoms with Crippen molar-refractivity contribution >= 4 is 5.69 Å². The van der Waals surface area contributed by atoms with E-state index in [4.69, 9.17) is 9.47 Å². The third-order valence-electron chi connectivity index (χ3n) is 3.51. The van der Waals surface area contributed by atoms with E-state index in [0.29, 0.717) is 13.2 Å². The molecule has 0 bridgehead atoms. The molecule has 1 aromatic carbocycles. The first kappa shape index (κ1) is 14.4. The second-order valence-electron chi connectivity index (χ2n) is 4.89. The number of rotatable bonds is 8. The van der Waals surface area contributed by atoms with E-state index in [2.05, 4.69) is 23.5 Å². The van der Waals surface area contributed by atoms with Gasteiger partial charge in [0.2, 0.25) is 0 Å². The van der Waals surface area contributed by atoms with Gasteiger partial charge in [0.05, 0.1) is 0 Å². The van der Waals surface area contributed by atoms with Crippen LogP contribution in [-0.2, 0) is 22.3 Å². The zero-order chi connectivity index (χ0) is 13.5. The minimum absolute atomic E-state index is 0.0862. The van der Waals surface area contributed by atoms with Crippen LogP contribution >= 0.6 is 0 Å². The molecule has 1 aliphatic carbocycles. The van der Waals surface area contributed by atoms with E-state index in [1.54, 1.807) is 0 Å². The monoisotopic (exact) mass is 263 g/mol. The Labute approximate surface area is 116 Å². The molecule has 1 aromatic rings. The Kier molecular flexibility index (Phi) is 5.67. The topological polar surface area (TPSA) is 30.5 Å². The summed E-state index contributed by atoms with van der Waals surface area (Å²) in [5.74, 6) is 0. The molecular formula is C16H25NO2. The van der Waals surface area contributed by atoms with Crippen LogP contribution in [0.2, 0.25) is 0 Å². The predicted octanol–water partition coefficient (Wildman–Crippen LogP) is 3.38. The second kappa shape index (κ2) is 7.51. The molecule has 1 aliphatic rings. The van der Waals surface area contributed by atoms with Crippen molar-refractivity contribution in [3.8, 4) is 0 Å². The Morgan fingerprint density at radius 3 is 2.58 bits per heavy atom. The van der Waals surface area contributed by atoms with E-state index in [0.717, 1.165) is 13.0 Å². The average molecular weight is 263 g/mol. The maximum Gasteiger partial charge on any atom is 0.159 e. The molecule has 0 saturated heterocycles. The van der Waals surface area contributed by atoms with Crippen molar-refractivity contribution in [1.29, 1.82) is 0 Å². The summed E-state index contributed by atoms with van der Waals surface area (Å²) >= 11 is 0. The normalized spacial score (nSPS) is 13.8. The summed E-state index contributed by atoms with van der Waals surface area (Å²) in [7, 11) is 0. The van der Waals surface area contributed by atoms with Crippen molar-refractivity contribution in [2.45, 2.75) is 45.8 Å². The van der Waals surface area contributed by atoms with Crippen LogP contribution in [-0.4, -0.2) is 26.0 Å². The van der Waals surface area contributed by atoms with Crippen molar-refractivity contribution in [1.82, 2.24) is 0 Å². The molecule has 106 valence electrons. The fourth-order valence-corrected chi connectivity index (χ4v) is 2.60. The van der Waals surface area contributed by atoms with Gasteiger partial charge in [0.1, 0.15) is 0 Å². The Balaban J connectivity index is 1.78. The van der Waals surface area contributed by atoms with Crippen LogP contribution in [0.3, 0.4) is 0 Å². The lowest BCUT2D eigenvalue weighted by Crippen LogP contribution is -2.21. The van der Waals surface area contributed by atoms with Gasteiger partial charge in [-0.1, -0.05) is 6.07 Å². The lowest BCUT2D eigenvalue weighted by molar-refractivity contribution is -0.137. The molecule has 3 heteroatoms. The molecule has 0 aromatic heterocycles. The standard InChI is InChI=1S/C16H25NO2/c1-3-18-16(19-4-2)10-11-17-15-9-8-13-6-5-7-14(13)12-15/h8-9,12,16-17H,3-7,10-11H2,1-2H3. The van der Waals surface area contributed by atoms with Gasteiger partial charge >= 0.3 is 0 Å². The van der Waals surface area contributed by atoms with E-state index >= 15 is 0 Å². The minimum atomic E-state index is -0.0862. The number of anilines is 1. The van der Waals surface area contributed by atoms with E-state index in [-0.39, 0.29) is 6.29 Å². The molecule has 2 rings (SSSR count). The number of aryl methyl sites for hydroxylation is 2. The van der Waals surface area contributed by atoms with Gasteiger partial charge in [0.25, 0.3) is 0 Å². The molecule has 19 heavy (non-hydrogen) atoms. The van der Waals surface area contributed by atoms with Crippen LogP contribution in [0.1, 0.15) is 37.8 Å². The number of hydrogen-bond acceptors (Lipinski definition) is 3. The molecule has 0 saturated carbocycles. The average Bonchev–Trinajstić information content (AvgIpc) is 2.86. The molecule has 0 atom stereocenters. The highest BCUT2D eigenvalue weighted by atomic mass is 16.7. The van der Waals surface area contributed by atoms with Crippen molar-refractivity contribution < 1.29 is 9.47 Å². The van der Waals surface area contributed by atoms with Gasteiger partial charge in [-0.2, -0.15) is 0 Å². The van der Waals surface area contributed by atoms with Gasteiger partial charge in [0, 0.05) is 31.9 Å². The smallest absolute Gasteiger partial charge is 0.159 e. The Hall–Kier alpha value is -1.06. The van der Waals surface area contributed by atoms with Crippen molar-refractivity contribution in [3.63, 3.8) is 0 Å². The Morgan fingerprint density at radius 1 is 1.11 bits per heavy atom. The highest BCUT2D eigenvalue weighted by Crippen LogP contribution is 2.24. The Morgan fingerprint density at radius 2 is 1.84 bits per heavy atom. The van der Waals surface area contributed by atoms with Crippen LogP contribution in [0.4, 0.5) is 5.69 Å². The minimum Gasteiger partial charge on any atom is -0.385 e. The molecule has 1 N–H and O–H groups in total. The molecule has 0 amide bonds. The van der Waals surface area contributed by atoms with Gasteiger partial charge in [-0.25, -0.2) is 0 Å². The Bertz CT molecular complexity index is 386.